The van der Waals surface area contributed by atoms with Gasteiger partial charge in [0.25, 0.3) is 0 Å². The summed E-state index contributed by atoms with van der Waals surface area (Å²) < 4.78 is 2.36. The van der Waals surface area contributed by atoms with E-state index in [1.54, 1.807) is 0 Å². The van der Waals surface area contributed by atoms with Gasteiger partial charge in [0, 0.05) is 28.6 Å². The van der Waals surface area contributed by atoms with Gasteiger partial charge in [-0.2, -0.15) is 0 Å². The molecule has 0 bridgehead atoms. The lowest BCUT2D eigenvalue weighted by molar-refractivity contribution is 1.02. The third kappa shape index (κ3) is 1.38. The van der Waals surface area contributed by atoms with Crippen molar-refractivity contribution in [2.24, 2.45) is 7.05 Å². The van der Waals surface area contributed by atoms with Crippen molar-refractivity contribution in [1.29, 1.82) is 0 Å². The van der Waals surface area contributed by atoms with Crippen molar-refractivity contribution < 1.29 is 0 Å². The highest BCUT2D eigenvalue weighted by Crippen LogP contribution is 2.36. The number of hydrogen-bond acceptors (Lipinski definition) is 0. The predicted molar refractivity (Wildman–Crippen MR) is 95.4 cm³/mol. The fourth-order valence-corrected chi connectivity index (χ4v) is 3.78. The van der Waals surface area contributed by atoms with Crippen LogP contribution in [0.15, 0.2) is 72.8 Å². The Bertz CT molecular complexity index is 1090. The summed E-state index contributed by atoms with van der Waals surface area (Å²) in [5.74, 6) is 0. The first kappa shape index (κ1) is 11.8. The van der Waals surface area contributed by atoms with Crippen molar-refractivity contribution in [2.45, 2.75) is 0 Å². The van der Waals surface area contributed by atoms with E-state index in [9.17, 15) is 0 Å². The smallest absolute Gasteiger partial charge is 0.0568 e. The van der Waals surface area contributed by atoms with E-state index in [1.807, 2.05) is 0 Å². The van der Waals surface area contributed by atoms with Crippen LogP contribution >= 0.6 is 0 Å². The lowest BCUT2D eigenvalue weighted by atomic mass is 10.0. The number of aryl methyl sites for hydroxylation is 1. The van der Waals surface area contributed by atoms with Crippen LogP contribution in [0.5, 0.6) is 0 Å². The SMILES string of the molecule is Cn1c2c3ccccc3ccc2c2ccc3ccccc3c21. The molecule has 0 spiro atoms. The summed E-state index contributed by atoms with van der Waals surface area (Å²) in [5.41, 5.74) is 2.65. The quantitative estimate of drug-likeness (QED) is 0.346. The number of aromatic nitrogens is 1. The van der Waals surface area contributed by atoms with Gasteiger partial charge in [-0.3, -0.25) is 0 Å². The van der Waals surface area contributed by atoms with Crippen molar-refractivity contribution in [3.8, 4) is 0 Å². The van der Waals surface area contributed by atoms with Crippen LogP contribution in [-0.2, 0) is 7.05 Å². The largest absolute Gasteiger partial charge is 0.343 e. The molecule has 1 nitrogen and oxygen atoms in total. The van der Waals surface area contributed by atoms with Crippen LogP contribution in [0, 0.1) is 0 Å². The third-order valence-electron chi connectivity index (χ3n) is 4.76. The first-order chi connectivity index (χ1) is 10.8. The van der Waals surface area contributed by atoms with E-state index in [2.05, 4.69) is 84.4 Å². The molecule has 4 aromatic carbocycles. The maximum atomic E-state index is 2.36. The zero-order valence-corrected chi connectivity index (χ0v) is 12.4. The van der Waals surface area contributed by atoms with Crippen LogP contribution in [0.1, 0.15) is 0 Å². The molecule has 5 aromatic rings. The third-order valence-corrected chi connectivity index (χ3v) is 4.76. The van der Waals surface area contributed by atoms with Crippen molar-refractivity contribution in [2.75, 3.05) is 0 Å². The minimum absolute atomic E-state index is 1.30. The average molecular weight is 281 g/mol. The van der Waals surface area contributed by atoms with Gasteiger partial charge in [-0.25, -0.2) is 0 Å². The molecule has 0 N–H and O–H groups in total. The van der Waals surface area contributed by atoms with Gasteiger partial charge in [0.1, 0.15) is 0 Å². The van der Waals surface area contributed by atoms with E-state index in [1.165, 1.54) is 43.4 Å². The second-order valence-corrected chi connectivity index (χ2v) is 5.92. The van der Waals surface area contributed by atoms with Gasteiger partial charge < -0.3 is 4.57 Å². The highest BCUT2D eigenvalue weighted by atomic mass is 14.9. The molecule has 0 aliphatic carbocycles. The van der Waals surface area contributed by atoms with E-state index in [0.717, 1.165) is 0 Å². The number of rotatable bonds is 0. The molecule has 0 aliphatic heterocycles. The number of benzene rings is 4. The molecule has 1 heteroatoms. The summed E-state index contributed by atoms with van der Waals surface area (Å²) in [6.07, 6.45) is 0. The Hall–Kier alpha value is -2.80. The molecule has 0 fully saturated rings. The molecule has 104 valence electrons. The first-order valence-electron chi connectivity index (χ1n) is 7.62. The first-order valence-corrected chi connectivity index (χ1v) is 7.62. The second kappa shape index (κ2) is 4.11. The van der Waals surface area contributed by atoms with Crippen LogP contribution in [0.2, 0.25) is 0 Å². The Morgan fingerprint density at radius 2 is 0.955 bits per heavy atom. The van der Waals surface area contributed by atoms with Crippen LogP contribution in [0.25, 0.3) is 43.4 Å². The molecular weight excluding hydrogens is 266 g/mol. The fraction of sp³-hybridized carbons (Fsp3) is 0.0476. The monoisotopic (exact) mass is 281 g/mol. The summed E-state index contributed by atoms with van der Waals surface area (Å²) in [6, 6.07) is 26.2. The summed E-state index contributed by atoms with van der Waals surface area (Å²) in [7, 11) is 2.18. The Morgan fingerprint density at radius 3 is 1.45 bits per heavy atom. The van der Waals surface area contributed by atoms with E-state index in [-0.39, 0.29) is 0 Å². The van der Waals surface area contributed by atoms with Crippen LogP contribution in [-0.4, -0.2) is 4.57 Å². The van der Waals surface area contributed by atoms with Gasteiger partial charge >= 0.3 is 0 Å². The molecule has 0 aliphatic rings. The lowest BCUT2D eigenvalue weighted by Crippen LogP contribution is -1.88. The zero-order valence-electron chi connectivity index (χ0n) is 12.4. The number of nitrogens with zero attached hydrogens (tertiary/aromatic N) is 1. The minimum Gasteiger partial charge on any atom is -0.343 e. The molecule has 0 atom stereocenters. The normalized spacial score (nSPS) is 11.9. The standard InChI is InChI=1S/C21H15N/c1-22-20-16-8-4-2-6-14(16)10-12-18(20)19-13-11-15-7-3-5-9-17(15)21(19)22/h2-13H,1H3. The highest BCUT2D eigenvalue weighted by molar-refractivity contribution is 6.22. The maximum Gasteiger partial charge on any atom is 0.0568 e. The molecule has 0 amide bonds. The molecule has 1 heterocycles. The second-order valence-electron chi connectivity index (χ2n) is 5.92. The fourth-order valence-electron chi connectivity index (χ4n) is 3.78. The Balaban J connectivity index is 2.15. The van der Waals surface area contributed by atoms with E-state index >= 15 is 0 Å². The van der Waals surface area contributed by atoms with Gasteiger partial charge in [0.05, 0.1) is 11.0 Å². The van der Waals surface area contributed by atoms with Gasteiger partial charge in [-0.1, -0.05) is 72.8 Å². The average Bonchev–Trinajstić information content (AvgIpc) is 2.88. The van der Waals surface area contributed by atoms with E-state index in [0.29, 0.717) is 0 Å². The minimum atomic E-state index is 1.30. The van der Waals surface area contributed by atoms with Crippen molar-refractivity contribution in [3.05, 3.63) is 72.8 Å². The molecule has 0 unspecified atom stereocenters. The molecule has 5 rings (SSSR count). The summed E-state index contributed by atoms with van der Waals surface area (Å²) in [4.78, 5) is 0. The van der Waals surface area contributed by atoms with Crippen LogP contribution in [0.3, 0.4) is 0 Å². The Labute approximate surface area is 128 Å². The van der Waals surface area contributed by atoms with Crippen molar-refractivity contribution in [3.63, 3.8) is 0 Å². The van der Waals surface area contributed by atoms with Crippen LogP contribution in [0.4, 0.5) is 0 Å². The summed E-state index contributed by atoms with van der Waals surface area (Å²) in [5, 5.41) is 7.91. The topological polar surface area (TPSA) is 4.93 Å². The van der Waals surface area contributed by atoms with Gasteiger partial charge in [0.15, 0.2) is 0 Å². The molecule has 0 saturated heterocycles. The van der Waals surface area contributed by atoms with Gasteiger partial charge in [0.2, 0.25) is 0 Å². The summed E-state index contributed by atoms with van der Waals surface area (Å²) >= 11 is 0. The van der Waals surface area contributed by atoms with E-state index < -0.39 is 0 Å². The molecule has 0 radical (unpaired) electrons. The maximum absolute atomic E-state index is 2.36. The van der Waals surface area contributed by atoms with E-state index in [4.69, 9.17) is 0 Å². The molecule has 0 saturated carbocycles. The molecular formula is C21H15N. The predicted octanol–water partition coefficient (Wildman–Crippen LogP) is 5.64. The van der Waals surface area contributed by atoms with Crippen LogP contribution < -0.4 is 0 Å². The van der Waals surface area contributed by atoms with Crippen molar-refractivity contribution >= 4 is 43.4 Å². The highest BCUT2D eigenvalue weighted by Gasteiger charge is 2.12. The Morgan fingerprint density at radius 1 is 0.500 bits per heavy atom. The lowest BCUT2D eigenvalue weighted by Gasteiger charge is -2.04. The Kier molecular flexibility index (Phi) is 2.21. The molecule has 1 aromatic heterocycles. The van der Waals surface area contributed by atoms with Crippen molar-refractivity contribution in [1.82, 2.24) is 4.57 Å². The summed E-state index contributed by atoms with van der Waals surface area (Å²) in [6.45, 7) is 0. The number of hydrogen-bond donors (Lipinski definition) is 0. The molecule has 22 heavy (non-hydrogen) atoms. The van der Waals surface area contributed by atoms with Gasteiger partial charge in [-0.15, -0.1) is 0 Å². The van der Waals surface area contributed by atoms with Gasteiger partial charge in [-0.05, 0) is 10.8 Å². The number of fused-ring (bicyclic) bond motifs is 7. The zero-order chi connectivity index (χ0) is 14.7.